The third-order valence-electron chi connectivity index (χ3n) is 5.17. The molecule has 0 saturated carbocycles. The monoisotopic (exact) mass is 337 g/mol. The molecule has 3 heterocycles. The first-order valence-corrected chi connectivity index (χ1v) is 8.82. The van der Waals surface area contributed by atoms with Gasteiger partial charge in [-0.15, -0.1) is 0 Å². The van der Waals surface area contributed by atoms with Gasteiger partial charge in [0.1, 0.15) is 18.2 Å². The third kappa shape index (κ3) is 2.92. The molecule has 0 N–H and O–H groups in total. The number of fused-ring (bicyclic) bond motifs is 1. The fourth-order valence-electron chi connectivity index (χ4n) is 3.80. The highest BCUT2D eigenvalue weighted by Crippen LogP contribution is 2.22. The quantitative estimate of drug-likeness (QED) is 0.735. The van der Waals surface area contributed by atoms with Gasteiger partial charge < -0.3 is 14.0 Å². The molecule has 25 heavy (non-hydrogen) atoms. The van der Waals surface area contributed by atoms with E-state index in [1.54, 1.807) is 0 Å². The Bertz CT molecular complexity index is 910. The summed E-state index contributed by atoms with van der Waals surface area (Å²) in [6, 6.07) is 8.23. The van der Waals surface area contributed by atoms with Gasteiger partial charge in [-0.2, -0.15) is 0 Å². The Morgan fingerprint density at radius 2 is 2.08 bits per heavy atom. The zero-order chi connectivity index (χ0) is 17.4. The normalized spacial score (nSPS) is 17.5. The molecule has 0 bridgehead atoms. The first-order valence-electron chi connectivity index (χ1n) is 8.82. The first kappa shape index (κ1) is 15.9. The minimum absolute atomic E-state index is 0.173. The topological polar surface area (TPSA) is 56.0 Å². The highest BCUT2D eigenvalue weighted by molar-refractivity contribution is 5.81. The molecule has 6 nitrogen and oxygen atoms in total. The number of aryl methyl sites for hydroxylation is 2. The zero-order valence-electron chi connectivity index (χ0n) is 14.7. The van der Waals surface area contributed by atoms with Gasteiger partial charge in [-0.3, -0.25) is 4.79 Å². The summed E-state index contributed by atoms with van der Waals surface area (Å²) >= 11 is 0. The molecule has 1 unspecified atom stereocenters. The van der Waals surface area contributed by atoms with Gasteiger partial charge in [-0.25, -0.2) is 9.97 Å². The molecular weight excluding hydrogens is 314 g/mol. The van der Waals surface area contributed by atoms with E-state index in [1.165, 1.54) is 0 Å². The first-order chi connectivity index (χ1) is 12.1. The predicted molar refractivity (Wildman–Crippen MR) is 96.2 cm³/mol. The highest BCUT2D eigenvalue weighted by Gasteiger charge is 2.29. The van der Waals surface area contributed by atoms with Crippen molar-refractivity contribution in [3.63, 3.8) is 0 Å². The molecule has 3 aromatic rings. The lowest BCUT2D eigenvalue weighted by molar-refractivity contribution is -0.132. The van der Waals surface area contributed by atoms with E-state index < -0.39 is 0 Å². The summed E-state index contributed by atoms with van der Waals surface area (Å²) < 4.78 is 4.16. The number of para-hydroxylation sites is 2. The number of carbonyl (C=O) groups excluding carboxylic acids is 1. The van der Waals surface area contributed by atoms with Crippen molar-refractivity contribution in [2.24, 2.45) is 0 Å². The van der Waals surface area contributed by atoms with Crippen LogP contribution in [0.15, 0.2) is 36.7 Å². The number of hydrogen-bond donors (Lipinski definition) is 0. The summed E-state index contributed by atoms with van der Waals surface area (Å²) in [5.74, 6) is 2.05. The van der Waals surface area contributed by atoms with Gasteiger partial charge in [0.15, 0.2) is 0 Å². The van der Waals surface area contributed by atoms with Crippen LogP contribution in [0.3, 0.4) is 0 Å². The van der Waals surface area contributed by atoms with E-state index in [4.69, 9.17) is 0 Å². The van der Waals surface area contributed by atoms with Crippen molar-refractivity contribution in [3.8, 4) is 0 Å². The van der Waals surface area contributed by atoms with Gasteiger partial charge in [-0.1, -0.05) is 12.1 Å². The molecule has 1 aromatic carbocycles. The fraction of sp³-hybridized carbons (Fsp3) is 0.421. The summed E-state index contributed by atoms with van der Waals surface area (Å²) in [6.45, 7) is 5.97. The fourth-order valence-corrected chi connectivity index (χ4v) is 3.80. The maximum absolute atomic E-state index is 13.0. The van der Waals surface area contributed by atoms with Crippen LogP contribution in [0.1, 0.15) is 24.5 Å². The Balaban J connectivity index is 1.53. The number of benzene rings is 1. The second-order valence-corrected chi connectivity index (χ2v) is 6.74. The molecule has 1 fully saturated rings. The summed E-state index contributed by atoms with van der Waals surface area (Å²) in [7, 11) is 0. The summed E-state index contributed by atoms with van der Waals surface area (Å²) in [5.41, 5.74) is 1.97. The Morgan fingerprint density at radius 3 is 2.88 bits per heavy atom. The second kappa shape index (κ2) is 6.35. The average molecular weight is 337 g/mol. The van der Waals surface area contributed by atoms with Crippen LogP contribution in [0.2, 0.25) is 0 Å². The molecule has 0 aliphatic carbocycles. The van der Waals surface area contributed by atoms with Gasteiger partial charge >= 0.3 is 0 Å². The summed E-state index contributed by atoms with van der Waals surface area (Å²) in [4.78, 5) is 23.9. The number of imidazole rings is 2. The van der Waals surface area contributed by atoms with Crippen molar-refractivity contribution >= 4 is 16.9 Å². The van der Waals surface area contributed by atoms with Crippen LogP contribution in [0.5, 0.6) is 0 Å². The number of amides is 1. The lowest BCUT2D eigenvalue weighted by Crippen LogP contribution is -2.40. The van der Waals surface area contributed by atoms with Gasteiger partial charge in [0.05, 0.1) is 11.0 Å². The van der Waals surface area contributed by atoms with Crippen LogP contribution < -0.4 is 0 Å². The number of rotatable bonds is 4. The smallest absolute Gasteiger partial charge is 0.242 e. The van der Waals surface area contributed by atoms with Crippen molar-refractivity contribution in [1.29, 1.82) is 0 Å². The minimum Gasteiger partial charge on any atom is -0.336 e. The number of aromatic nitrogens is 4. The van der Waals surface area contributed by atoms with Crippen molar-refractivity contribution in [3.05, 3.63) is 48.3 Å². The van der Waals surface area contributed by atoms with Gasteiger partial charge in [0, 0.05) is 31.5 Å². The van der Waals surface area contributed by atoms with Crippen LogP contribution in [0.4, 0.5) is 0 Å². The summed E-state index contributed by atoms with van der Waals surface area (Å²) in [5, 5.41) is 0. The van der Waals surface area contributed by atoms with Crippen LogP contribution in [-0.2, 0) is 17.9 Å². The van der Waals surface area contributed by atoms with Crippen molar-refractivity contribution < 1.29 is 4.79 Å². The molecule has 1 aliphatic heterocycles. The number of hydrogen-bond acceptors (Lipinski definition) is 3. The largest absolute Gasteiger partial charge is 0.336 e. The number of nitrogens with zero attached hydrogens (tertiary/aromatic N) is 5. The predicted octanol–water partition coefficient (Wildman–Crippen LogP) is 2.54. The molecule has 2 aromatic heterocycles. The molecule has 0 radical (unpaired) electrons. The van der Waals surface area contributed by atoms with Crippen LogP contribution in [0.25, 0.3) is 11.0 Å². The zero-order valence-corrected chi connectivity index (χ0v) is 14.7. The number of carbonyl (C=O) groups is 1. The maximum atomic E-state index is 13.0. The van der Waals surface area contributed by atoms with E-state index in [2.05, 4.69) is 14.5 Å². The van der Waals surface area contributed by atoms with E-state index in [0.717, 1.165) is 48.6 Å². The van der Waals surface area contributed by atoms with Gasteiger partial charge in [0.25, 0.3) is 0 Å². The van der Waals surface area contributed by atoms with Gasteiger partial charge in [-0.05, 0) is 38.8 Å². The standard InChI is InChI=1S/C19H23N5O/c1-14-20-9-11-22(14)12-16-6-5-10-23(16)19(25)13-24-15(2)21-17-7-3-4-8-18(17)24/h3-4,7-9,11,16H,5-6,10,12-13H2,1-2H3. The van der Waals surface area contributed by atoms with E-state index >= 15 is 0 Å². The SMILES string of the molecule is Cc1nccn1CC1CCCN1C(=O)Cn1c(C)nc2ccccc21. The molecule has 6 heteroatoms. The van der Waals surface area contributed by atoms with Gasteiger partial charge in [0.2, 0.25) is 5.91 Å². The van der Waals surface area contributed by atoms with E-state index in [9.17, 15) is 4.79 Å². The average Bonchev–Trinajstić information content (AvgIpc) is 3.29. The van der Waals surface area contributed by atoms with Crippen molar-refractivity contribution in [1.82, 2.24) is 24.0 Å². The molecule has 0 spiro atoms. The summed E-state index contributed by atoms with van der Waals surface area (Å²) in [6.07, 6.45) is 5.92. The second-order valence-electron chi connectivity index (χ2n) is 6.74. The van der Waals surface area contributed by atoms with E-state index in [-0.39, 0.29) is 11.9 Å². The molecule has 4 rings (SSSR count). The third-order valence-corrected chi connectivity index (χ3v) is 5.17. The van der Waals surface area contributed by atoms with E-state index in [0.29, 0.717) is 6.54 Å². The highest BCUT2D eigenvalue weighted by atomic mass is 16.2. The Kier molecular flexibility index (Phi) is 4.03. The van der Waals surface area contributed by atoms with Crippen molar-refractivity contribution in [2.45, 2.75) is 45.8 Å². The minimum atomic E-state index is 0.173. The van der Waals surface area contributed by atoms with Crippen LogP contribution in [-0.4, -0.2) is 42.5 Å². The Morgan fingerprint density at radius 1 is 1.24 bits per heavy atom. The Hall–Kier alpha value is -2.63. The molecule has 1 amide bonds. The van der Waals surface area contributed by atoms with Crippen LogP contribution in [0, 0.1) is 13.8 Å². The lowest BCUT2D eigenvalue weighted by atomic mass is 10.2. The van der Waals surface area contributed by atoms with Crippen molar-refractivity contribution in [2.75, 3.05) is 6.54 Å². The molecular formula is C19H23N5O. The maximum Gasteiger partial charge on any atom is 0.242 e. The molecule has 1 aliphatic rings. The van der Waals surface area contributed by atoms with E-state index in [1.807, 2.05) is 60.0 Å². The lowest BCUT2D eigenvalue weighted by Gasteiger charge is -2.26. The molecule has 1 atom stereocenters. The molecule has 1 saturated heterocycles. The Labute approximate surface area is 147 Å². The number of likely N-dealkylation sites (tertiary alicyclic amines) is 1. The van der Waals surface area contributed by atoms with Crippen LogP contribution >= 0.6 is 0 Å². The molecule has 130 valence electrons.